The van der Waals surface area contributed by atoms with Gasteiger partial charge in [0.15, 0.2) is 9.84 Å². The Morgan fingerprint density at radius 1 is 1.13 bits per heavy atom. The number of fused-ring (bicyclic) bond motifs is 1. The summed E-state index contributed by atoms with van der Waals surface area (Å²) in [7, 11) is -0.155. The summed E-state index contributed by atoms with van der Waals surface area (Å²) >= 11 is 0. The molecule has 0 bridgehead atoms. The van der Waals surface area contributed by atoms with E-state index < -0.39 is 9.84 Å². The van der Waals surface area contributed by atoms with Crippen LogP contribution in [0.5, 0.6) is 11.5 Å². The number of pyridine rings is 1. The SMILES string of the molecule is COC(=O)CCc1ccc(-c2cc3cc(Oc4ccc(S(C)(=O)=O)cc4)c(C4CCC(=O)N4C)cc3[nH]2)nc1. The highest BCUT2D eigenvalue weighted by atomic mass is 32.2. The van der Waals surface area contributed by atoms with Crippen molar-refractivity contribution in [3.05, 3.63) is 71.9 Å². The molecule has 0 spiro atoms. The first kappa shape index (κ1) is 26.4. The van der Waals surface area contributed by atoms with Crippen molar-refractivity contribution in [2.75, 3.05) is 20.4 Å². The summed E-state index contributed by atoms with van der Waals surface area (Å²) < 4.78 is 34.7. The number of nitrogens with one attached hydrogen (secondary N) is 1. The number of H-pyrrole nitrogens is 1. The highest BCUT2D eigenvalue weighted by Crippen LogP contribution is 2.41. The lowest BCUT2D eigenvalue weighted by molar-refractivity contribution is -0.140. The van der Waals surface area contributed by atoms with Crippen LogP contribution in [0, 0.1) is 0 Å². The van der Waals surface area contributed by atoms with Gasteiger partial charge in [-0.05, 0) is 66.9 Å². The first-order valence-electron chi connectivity index (χ1n) is 12.5. The van der Waals surface area contributed by atoms with Crippen LogP contribution >= 0.6 is 0 Å². The molecule has 3 heterocycles. The topological polar surface area (TPSA) is 119 Å². The molecule has 1 amide bonds. The quantitative estimate of drug-likeness (QED) is 0.314. The second kappa shape index (κ2) is 10.5. The van der Waals surface area contributed by atoms with Gasteiger partial charge in [-0.1, -0.05) is 6.07 Å². The Hall–Kier alpha value is -4.18. The van der Waals surface area contributed by atoms with Crippen molar-refractivity contribution < 1.29 is 27.5 Å². The van der Waals surface area contributed by atoms with Crippen LogP contribution in [0.1, 0.15) is 36.4 Å². The van der Waals surface area contributed by atoms with E-state index in [4.69, 9.17) is 9.47 Å². The molecule has 1 atom stereocenters. The van der Waals surface area contributed by atoms with Gasteiger partial charge in [0, 0.05) is 48.8 Å². The number of methoxy groups -OCH3 is 1. The number of hydrogen-bond acceptors (Lipinski definition) is 7. The lowest BCUT2D eigenvalue weighted by Crippen LogP contribution is -2.22. The summed E-state index contributed by atoms with van der Waals surface area (Å²) in [4.78, 5) is 33.7. The molecular formula is C29H29N3O6S. The molecule has 202 valence electrons. The van der Waals surface area contributed by atoms with Gasteiger partial charge in [-0.2, -0.15) is 0 Å². The number of aryl methyl sites for hydroxylation is 1. The fraction of sp³-hybridized carbons (Fsp3) is 0.276. The molecule has 1 unspecified atom stereocenters. The number of aromatic nitrogens is 2. The number of nitrogens with zero attached hydrogens (tertiary/aromatic N) is 2. The van der Waals surface area contributed by atoms with E-state index in [0.29, 0.717) is 37.2 Å². The molecule has 0 aliphatic carbocycles. The van der Waals surface area contributed by atoms with E-state index in [1.165, 1.54) is 19.2 Å². The van der Waals surface area contributed by atoms with E-state index in [9.17, 15) is 18.0 Å². The van der Waals surface area contributed by atoms with Gasteiger partial charge in [0.1, 0.15) is 11.5 Å². The maximum absolute atomic E-state index is 12.3. The van der Waals surface area contributed by atoms with Gasteiger partial charge in [-0.15, -0.1) is 0 Å². The molecule has 4 aromatic rings. The van der Waals surface area contributed by atoms with Crippen molar-refractivity contribution in [3.8, 4) is 22.9 Å². The monoisotopic (exact) mass is 547 g/mol. The summed E-state index contributed by atoms with van der Waals surface area (Å²) in [6.07, 6.45) is 4.90. The molecule has 0 radical (unpaired) electrons. The van der Waals surface area contributed by atoms with Gasteiger partial charge >= 0.3 is 5.97 Å². The van der Waals surface area contributed by atoms with Gasteiger partial charge in [0.05, 0.1) is 29.4 Å². The van der Waals surface area contributed by atoms with Crippen LogP contribution in [-0.4, -0.2) is 55.6 Å². The van der Waals surface area contributed by atoms with E-state index in [0.717, 1.165) is 39.7 Å². The normalized spacial score (nSPS) is 15.6. The van der Waals surface area contributed by atoms with Crippen molar-refractivity contribution in [1.82, 2.24) is 14.9 Å². The van der Waals surface area contributed by atoms with Gasteiger partial charge in [-0.3, -0.25) is 14.6 Å². The Morgan fingerprint density at radius 3 is 2.51 bits per heavy atom. The Kier molecular flexibility index (Phi) is 7.14. The lowest BCUT2D eigenvalue weighted by atomic mass is 10.0. The minimum absolute atomic E-state index is 0.0761. The van der Waals surface area contributed by atoms with Crippen LogP contribution in [0.3, 0.4) is 0 Å². The average molecular weight is 548 g/mol. The zero-order valence-corrected chi connectivity index (χ0v) is 22.7. The Morgan fingerprint density at radius 2 is 1.90 bits per heavy atom. The molecule has 0 saturated carbocycles. The summed E-state index contributed by atoms with van der Waals surface area (Å²) in [5.74, 6) is 0.907. The zero-order valence-electron chi connectivity index (χ0n) is 21.9. The van der Waals surface area contributed by atoms with Crippen LogP contribution < -0.4 is 4.74 Å². The van der Waals surface area contributed by atoms with Crippen LogP contribution in [0.4, 0.5) is 0 Å². The predicted molar refractivity (Wildman–Crippen MR) is 146 cm³/mol. The molecule has 9 nitrogen and oxygen atoms in total. The Labute approximate surface area is 226 Å². The van der Waals surface area contributed by atoms with E-state index in [1.54, 1.807) is 30.3 Å². The van der Waals surface area contributed by atoms with Gasteiger partial charge in [0.2, 0.25) is 5.91 Å². The second-order valence-electron chi connectivity index (χ2n) is 9.69. The Bertz CT molecular complexity index is 1640. The maximum Gasteiger partial charge on any atom is 0.305 e. The van der Waals surface area contributed by atoms with Crippen LogP contribution in [0.2, 0.25) is 0 Å². The summed E-state index contributed by atoms with van der Waals surface area (Å²) in [5.41, 5.74) is 4.25. The van der Waals surface area contributed by atoms with Gasteiger partial charge in [0.25, 0.3) is 0 Å². The lowest BCUT2D eigenvalue weighted by Gasteiger charge is -2.23. The number of esters is 1. The van der Waals surface area contributed by atoms with Gasteiger partial charge < -0.3 is 19.4 Å². The molecule has 10 heteroatoms. The molecule has 1 aliphatic heterocycles. The number of ether oxygens (including phenoxy) is 2. The summed E-state index contributed by atoms with van der Waals surface area (Å²) in [6, 6.07) is 15.9. The molecule has 1 aliphatic rings. The number of hydrogen-bond donors (Lipinski definition) is 1. The molecular weight excluding hydrogens is 518 g/mol. The van der Waals surface area contributed by atoms with Crippen molar-refractivity contribution in [2.45, 2.75) is 36.6 Å². The number of rotatable bonds is 8. The standard InChI is InChI=1S/C29H29N3O6S/c1-32-26(11-12-28(32)33)22-16-24-19(15-27(22)38-20-6-8-21(9-7-20)39(3,35)36)14-25(31-24)23-10-4-18(17-30-23)5-13-29(34)37-2/h4,6-10,14-17,26,31H,5,11-13H2,1-3H3. The molecule has 1 N–H and O–H groups in total. The van der Waals surface area contributed by atoms with E-state index >= 15 is 0 Å². The molecule has 5 rings (SSSR count). The van der Waals surface area contributed by atoms with Crippen molar-refractivity contribution >= 4 is 32.6 Å². The van der Waals surface area contributed by atoms with E-state index in [-0.39, 0.29) is 22.8 Å². The smallest absolute Gasteiger partial charge is 0.305 e. The summed E-state index contributed by atoms with van der Waals surface area (Å²) in [5, 5.41) is 0.903. The summed E-state index contributed by atoms with van der Waals surface area (Å²) in [6.45, 7) is 0. The molecule has 1 fully saturated rings. The third-order valence-electron chi connectivity index (χ3n) is 7.03. The van der Waals surface area contributed by atoms with Crippen molar-refractivity contribution in [3.63, 3.8) is 0 Å². The number of carbonyl (C=O) groups is 2. The zero-order chi connectivity index (χ0) is 27.7. The largest absolute Gasteiger partial charge is 0.469 e. The highest BCUT2D eigenvalue weighted by molar-refractivity contribution is 7.90. The van der Waals surface area contributed by atoms with Crippen LogP contribution in [0.15, 0.2) is 65.7 Å². The first-order chi connectivity index (χ1) is 18.6. The molecule has 2 aromatic heterocycles. The third kappa shape index (κ3) is 5.65. The Balaban J connectivity index is 1.48. The number of likely N-dealkylation sites (tertiary alicyclic amines) is 1. The maximum atomic E-state index is 12.3. The minimum atomic E-state index is -3.32. The fourth-order valence-corrected chi connectivity index (χ4v) is 5.42. The number of carbonyl (C=O) groups excluding carboxylic acids is 2. The molecule has 1 saturated heterocycles. The molecule has 2 aromatic carbocycles. The number of sulfone groups is 1. The first-order valence-corrected chi connectivity index (χ1v) is 14.4. The van der Waals surface area contributed by atoms with Crippen molar-refractivity contribution in [2.24, 2.45) is 0 Å². The number of aromatic amines is 1. The average Bonchev–Trinajstić information content (AvgIpc) is 3.49. The van der Waals surface area contributed by atoms with Crippen LogP contribution in [0.25, 0.3) is 22.3 Å². The molecule has 39 heavy (non-hydrogen) atoms. The van der Waals surface area contributed by atoms with Crippen molar-refractivity contribution in [1.29, 1.82) is 0 Å². The number of benzene rings is 2. The van der Waals surface area contributed by atoms with E-state index in [1.807, 2.05) is 30.3 Å². The minimum Gasteiger partial charge on any atom is -0.469 e. The second-order valence-corrected chi connectivity index (χ2v) is 11.7. The third-order valence-corrected chi connectivity index (χ3v) is 8.16. The predicted octanol–water partition coefficient (Wildman–Crippen LogP) is 4.82. The van der Waals surface area contributed by atoms with E-state index in [2.05, 4.69) is 9.97 Å². The fourth-order valence-electron chi connectivity index (χ4n) is 4.79. The van der Waals surface area contributed by atoms with Gasteiger partial charge in [-0.25, -0.2) is 8.42 Å². The highest BCUT2D eigenvalue weighted by Gasteiger charge is 2.31. The van der Waals surface area contributed by atoms with Crippen LogP contribution in [-0.2, 0) is 30.6 Å². The number of amides is 1.